The quantitative estimate of drug-likeness (QED) is 0.397. The molecule has 0 heterocycles. The molecule has 0 bridgehead atoms. The van der Waals surface area contributed by atoms with Crippen molar-refractivity contribution in [1.82, 2.24) is 5.06 Å². The van der Waals surface area contributed by atoms with Crippen molar-refractivity contribution in [3.8, 4) is 12.3 Å². The molecule has 0 aromatic heterocycles. The van der Waals surface area contributed by atoms with Gasteiger partial charge in [-0.2, -0.15) is 0 Å². The summed E-state index contributed by atoms with van der Waals surface area (Å²) in [4.78, 5) is 11.3. The molecule has 0 radical (unpaired) electrons. The van der Waals surface area contributed by atoms with Gasteiger partial charge in [0.15, 0.2) is 0 Å². The van der Waals surface area contributed by atoms with Crippen molar-refractivity contribution < 1.29 is 10.0 Å². The molecule has 0 saturated heterocycles. The largest absolute Gasteiger partial charge is 0.285 e. The number of halogens is 2. The first-order valence-electron chi connectivity index (χ1n) is 4.61. The molecule has 17 heavy (non-hydrogen) atoms. The molecule has 0 aliphatic carbocycles. The van der Waals surface area contributed by atoms with Crippen molar-refractivity contribution in [2.75, 3.05) is 6.54 Å². The third kappa shape index (κ3) is 4.12. The van der Waals surface area contributed by atoms with Gasteiger partial charge < -0.3 is 0 Å². The van der Waals surface area contributed by atoms with Crippen molar-refractivity contribution >= 4 is 35.2 Å². The number of benzene rings is 1. The second kappa shape index (κ2) is 6.31. The summed E-state index contributed by atoms with van der Waals surface area (Å²) in [6.07, 6.45) is 7.60. The van der Waals surface area contributed by atoms with Gasteiger partial charge in [0.2, 0.25) is 0 Å². The van der Waals surface area contributed by atoms with Crippen LogP contribution in [0.3, 0.4) is 0 Å². The van der Waals surface area contributed by atoms with Gasteiger partial charge in [-0.3, -0.25) is 10.0 Å². The van der Waals surface area contributed by atoms with E-state index in [0.717, 1.165) is 0 Å². The summed E-state index contributed by atoms with van der Waals surface area (Å²) in [5, 5.41) is 10.5. The van der Waals surface area contributed by atoms with Crippen LogP contribution < -0.4 is 0 Å². The van der Waals surface area contributed by atoms with E-state index in [-0.39, 0.29) is 6.54 Å². The Hall–Kier alpha value is -1.47. The van der Waals surface area contributed by atoms with Gasteiger partial charge >= 0.3 is 0 Å². The predicted octanol–water partition coefficient (Wildman–Crippen LogP) is 2.86. The summed E-state index contributed by atoms with van der Waals surface area (Å²) in [5.74, 6) is 1.53. The SMILES string of the molecule is C#CCN(O)C(=O)/C=C/c1ccc(Cl)cc1Cl. The highest BCUT2D eigenvalue weighted by molar-refractivity contribution is 6.35. The maximum atomic E-state index is 11.3. The first-order chi connectivity index (χ1) is 8.04. The molecule has 0 aliphatic rings. The van der Waals surface area contributed by atoms with E-state index in [2.05, 4.69) is 5.92 Å². The van der Waals surface area contributed by atoms with Crippen LogP contribution in [0.5, 0.6) is 0 Å². The molecule has 0 unspecified atom stereocenters. The molecular formula is C12H9Cl2NO2. The molecule has 1 aromatic carbocycles. The fourth-order valence-electron chi connectivity index (χ4n) is 1.05. The van der Waals surface area contributed by atoms with Crippen LogP contribution >= 0.6 is 23.2 Å². The molecule has 1 amide bonds. The van der Waals surface area contributed by atoms with Gasteiger partial charge in [0, 0.05) is 16.1 Å². The van der Waals surface area contributed by atoms with E-state index in [1.165, 1.54) is 12.2 Å². The molecule has 88 valence electrons. The molecule has 3 nitrogen and oxygen atoms in total. The average Bonchev–Trinajstić information content (AvgIpc) is 2.27. The lowest BCUT2D eigenvalue weighted by molar-refractivity contribution is -0.156. The van der Waals surface area contributed by atoms with E-state index < -0.39 is 5.91 Å². The monoisotopic (exact) mass is 269 g/mol. The number of carbonyl (C=O) groups excluding carboxylic acids is 1. The van der Waals surface area contributed by atoms with E-state index in [1.807, 2.05) is 0 Å². The van der Waals surface area contributed by atoms with Gasteiger partial charge in [0.05, 0.1) is 0 Å². The molecule has 1 aromatic rings. The van der Waals surface area contributed by atoms with Gasteiger partial charge in [0.25, 0.3) is 5.91 Å². The van der Waals surface area contributed by atoms with Gasteiger partial charge in [0.1, 0.15) is 6.54 Å². The number of hydrogen-bond donors (Lipinski definition) is 1. The summed E-state index contributed by atoms with van der Waals surface area (Å²) in [7, 11) is 0. The Morgan fingerprint density at radius 2 is 2.24 bits per heavy atom. The maximum absolute atomic E-state index is 11.3. The molecule has 0 atom stereocenters. The van der Waals surface area contributed by atoms with Crippen LogP contribution in [0.25, 0.3) is 6.08 Å². The summed E-state index contributed by atoms with van der Waals surface area (Å²) >= 11 is 11.6. The zero-order valence-electron chi connectivity index (χ0n) is 8.73. The molecule has 1 N–H and O–H groups in total. The van der Waals surface area contributed by atoms with Gasteiger partial charge in [-0.15, -0.1) is 6.42 Å². The number of amides is 1. The van der Waals surface area contributed by atoms with E-state index in [0.29, 0.717) is 20.7 Å². The van der Waals surface area contributed by atoms with E-state index in [9.17, 15) is 4.79 Å². The second-order valence-corrected chi connectivity index (χ2v) is 3.94. The number of hydrogen-bond acceptors (Lipinski definition) is 2. The van der Waals surface area contributed by atoms with Crippen LogP contribution in [0, 0.1) is 12.3 Å². The standard InChI is InChI=1S/C12H9Cl2NO2/c1-2-7-15(17)12(16)6-4-9-3-5-10(13)8-11(9)14/h1,3-6,8,17H,7H2/b6-4+. The lowest BCUT2D eigenvalue weighted by Gasteiger charge is -2.07. The molecule has 0 fully saturated rings. The van der Waals surface area contributed by atoms with E-state index in [4.69, 9.17) is 34.8 Å². The maximum Gasteiger partial charge on any atom is 0.270 e. The van der Waals surface area contributed by atoms with Crippen LogP contribution in [-0.2, 0) is 4.79 Å². The van der Waals surface area contributed by atoms with E-state index in [1.54, 1.807) is 18.2 Å². The fraction of sp³-hybridized carbons (Fsp3) is 0.0833. The Labute approximate surface area is 109 Å². The van der Waals surface area contributed by atoms with Gasteiger partial charge in [-0.25, -0.2) is 5.06 Å². The lowest BCUT2D eigenvalue weighted by atomic mass is 10.2. The zero-order valence-corrected chi connectivity index (χ0v) is 10.2. The molecule has 5 heteroatoms. The highest BCUT2D eigenvalue weighted by atomic mass is 35.5. The summed E-state index contributed by atoms with van der Waals surface area (Å²) < 4.78 is 0. The number of terminal acetylenes is 1. The Morgan fingerprint density at radius 3 is 2.82 bits per heavy atom. The fourth-order valence-corrected chi connectivity index (χ4v) is 1.52. The lowest BCUT2D eigenvalue weighted by Crippen LogP contribution is -2.25. The minimum Gasteiger partial charge on any atom is -0.285 e. The highest BCUT2D eigenvalue weighted by Gasteiger charge is 2.05. The minimum absolute atomic E-state index is 0.169. The number of hydroxylamine groups is 2. The first kappa shape index (κ1) is 13.6. The minimum atomic E-state index is -0.617. The van der Waals surface area contributed by atoms with E-state index >= 15 is 0 Å². The highest BCUT2D eigenvalue weighted by Crippen LogP contribution is 2.21. The van der Waals surface area contributed by atoms with Gasteiger partial charge in [-0.1, -0.05) is 35.2 Å². The third-order valence-corrected chi connectivity index (χ3v) is 2.43. The van der Waals surface area contributed by atoms with Crippen molar-refractivity contribution in [2.24, 2.45) is 0 Å². The van der Waals surface area contributed by atoms with Crippen molar-refractivity contribution in [2.45, 2.75) is 0 Å². The predicted molar refractivity (Wildman–Crippen MR) is 67.8 cm³/mol. The van der Waals surface area contributed by atoms with Crippen molar-refractivity contribution in [3.63, 3.8) is 0 Å². The summed E-state index contributed by atoms with van der Waals surface area (Å²) in [6, 6.07) is 4.87. The number of nitrogens with zero attached hydrogens (tertiary/aromatic N) is 1. The smallest absolute Gasteiger partial charge is 0.270 e. The molecular weight excluding hydrogens is 261 g/mol. The van der Waals surface area contributed by atoms with Crippen molar-refractivity contribution in [3.05, 3.63) is 39.9 Å². The molecule has 0 saturated carbocycles. The van der Waals surface area contributed by atoms with Crippen molar-refractivity contribution in [1.29, 1.82) is 0 Å². The van der Waals surface area contributed by atoms with Crippen LogP contribution in [0.1, 0.15) is 5.56 Å². The number of rotatable bonds is 3. The first-order valence-corrected chi connectivity index (χ1v) is 5.37. The number of carbonyl (C=O) groups is 1. The second-order valence-electron chi connectivity index (χ2n) is 3.10. The normalized spacial score (nSPS) is 10.2. The molecule has 1 rings (SSSR count). The Balaban J connectivity index is 2.77. The summed E-state index contributed by atoms with van der Waals surface area (Å²) in [5.41, 5.74) is 0.624. The Morgan fingerprint density at radius 1 is 1.53 bits per heavy atom. The van der Waals surface area contributed by atoms with Crippen LogP contribution in [0.4, 0.5) is 0 Å². The molecule has 0 aliphatic heterocycles. The average molecular weight is 270 g/mol. The summed E-state index contributed by atoms with van der Waals surface area (Å²) in [6.45, 7) is -0.169. The Kier molecular flexibility index (Phi) is 5.05. The topological polar surface area (TPSA) is 40.5 Å². The van der Waals surface area contributed by atoms with Crippen LogP contribution in [0.15, 0.2) is 24.3 Å². The molecule has 0 spiro atoms. The van der Waals surface area contributed by atoms with Crippen LogP contribution in [0.2, 0.25) is 10.0 Å². The zero-order chi connectivity index (χ0) is 12.8. The Bertz CT molecular complexity index is 492. The third-order valence-electron chi connectivity index (χ3n) is 1.86. The van der Waals surface area contributed by atoms with Crippen LogP contribution in [-0.4, -0.2) is 22.7 Å². The van der Waals surface area contributed by atoms with Gasteiger partial charge in [-0.05, 0) is 23.8 Å².